The Balaban J connectivity index is 3.79. The van der Waals surface area contributed by atoms with Crippen molar-refractivity contribution in [3.8, 4) is 0 Å². The van der Waals surface area contributed by atoms with Crippen LogP contribution in [0.15, 0.2) is 0 Å². The minimum atomic E-state index is -0.317. The van der Waals surface area contributed by atoms with Crippen molar-refractivity contribution in [2.24, 2.45) is 5.92 Å². The van der Waals surface area contributed by atoms with Gasteiger partial charge in [-0.1, -0.05) is 20.8 Å². The molecule has 0 bridgehead atoms. The third kappa shape index (κ3) is 8.06. The van der Waals surface area contributed by atoms with Crippen molar-refractivity contribution in [3.63, 3.8) is 0 Å². The Kier molecular flexibility index (Phi) is 9.28. The number of hydrogen-bond donors (Lipinski definition) is 2. The molecule has 2 N–H and O–H groups in total. The summed E-state index contributed by atoms with van der Waals surface area (Å²) in [6.07, 6.45) is 1.04. The van der Waals surface area contributed by atoms with Crippen LogP contribution in [-0.4, -0.2) is 37.6 Å². The van der Waals surface area contributed by atoms with Crippen LogP contribution in [0.5, 0.6) is 0 Å². The summed E-state index contributed by atoms with van der Waals surface area (Å²) in [4.78, 5) is 22.9. The number of rotatable bonds is 9. The normalized spacial score (nSPS) is 12.3. The third-order valence-electron chi connectivity index (χ3n) is 2.43. The fraction of sp³-hybridized carbons (Fsp3) is 0.846. The number of hydrogen-bond acceptors (Lipinski definition) is 4. The maximum atomic E-state index is 11.5. The molecule has 5 heteroatoms. The first-order valence-electron chi connectivity index (χ1n) is 6.67. The minimum Gasteiger partial charge on any atom is -0.465 e. The molecule has 1 atom stereocenters. The fourth-order valence-corrected chi connectivity index (χ4v) is 1.40. The van der Waals surface area contributed by atoms with Gasteiger partial charge in [-0.2, -0.15) is 0 Å². The van der Waals surface area contributed by atoms with E-state index in [1.807, 2.05) is 20.8 Å². The largest absolute Gasteiger partial charge is 0.465 e. The first kappa shape index (κ1) is 16.9. The predicted octanol–water partition coefficient (Wildman–Crippen LogP) is 1.08. The SMILES string of the molecule is CCOC(=O)C(CC)NCCC(=O)NCC(C)C. The van der Waals surface area contributed by atoms with Crippen LogP contribution in [0.3, 0.4) is 0 Å². The molecular weight excluding hydrogens is 232 g/mol. The molecule has 0 aromatic carbocycles. The standard InChI is InChI=1S/C13H26N2O3/c1-5-11(13(17)18-6-2)14-8-7-12(16)15-9-10(3)4/h10-11,14H,5-9H2,1-4H3,(H,15,16). The summed E-state index contributed by atoms with van der Waals surface area (Å²) in [5, 5.41) is 5.87. The zero-order chi connectivity index (χ0) is 14.0. The smallest absolute Gasteiger partial charge is 0.323 e. The van der Waals surface area contributed by atoms with Crippen LogP contribution in [0.1, 0.15) is 40.5 Å². The highest BCUT2D eigenvalue weighted by Gasteiger charge is 2.16. The van der Waals surface area contributed by atoms with Crippen molar-refractivity contribution >= 4 is 11.9 Å². The average Bonchev–Trinajstić information content (AvgIpc) is 2.32. The van der Waals surface area contributed by atoms with Crippen LogP contribution in [0.25, 0.3) is 0 Å². The van der Waals surface area contributed by atoms with Gasteiger partial charge in [-0.15, -0.1) is 0 Å². The summed E-state index contributed by atoms with van der Waals surface area (Å²) < 4.78 is 4.93. The summed E-state index contributed by atoms with van der Waals surface area (Å²) in [6.45, 7) is 9.34. The molecule has 0 aromatic heterocycles. The van der Waals surface area contributed by atoms with Crippen molar-refractivity contribution in [2.75, 3.05) is 19.7 Å². The van der Waals surface area contributed by atoms with Crippen molar-refractivity contribution < 1.29 is 14.3 Å². The van der Waals surface area contributed by atoms with E-state index in [9.17, 15) is 9.59 Å². The van der Waals surface area contributed by atoms with Gasteiger partial charge < -0.3 is 15.4 Å². The van der Waals surface area contributed by atoms with Gasteiger partial charge >= 0.3 is 5.97 Å². The summed E-state index contributed by atoms with van der Waals surface area (Å²) in [7, 11) is 0. The molecule has 0 aliphatic rings. The number of amides is 1. The molecule has 106 valence electrons. The van der Waals surface area contributed by atoms with E-state index < -0.39 is 0 Å². The van der Waals surface area contributed by atoms with E-state index in [1.54, 1.807) is 6.92 Å². The number of ether oxygens (including phenoxy) is 1. The molecule has 0 fully saturated rings. The quantitative estimate of drug-likeness (QED) is 0.607. The van der Waals surface area contributed by atoms with Crippen LogP contribution in [0.4, 0.5) is 0 Å². The van der Waals surface area contributed by atoms with Gasteiger partial charge in [0.2, 0.25) is 5.91 Å². The monoisotopic (exact) mass is 258 g/mol. The molecule has 0 aromatic rings. The first-order chi connectivity index (χ1) is 8.51. The van der Waals surface area contributed by atoms with E-state index in [0.29, 0.717) is 38.5 Å². The second kappa shape index (κ2) is 9.88. The molecular formula is C13H26N2O3. The molecule has 5 nitrogen and oxygen atoms in total. The van der Waals surface area contributed by atoms with Gasteiger partial charge in [-0.05, 0) is 19.3 Å². The molecule has 1 unspecified atom stereocenters. The summed E-state index contributed by atoms with van der Waals surface area (Å²) in [5.41, 5.74) is 0. The van der Waals surface area contributed by atoms with Crippen molar-refractivity contribution in [2.45, 2.75) is 46.6 Å². The Morgan fingerprint density at radius 1 is 1.22 bits per heavy atom. The highest BCUT2D eigenvalue weighted by atomic mass is 16.5. The van der Waals surface area contributed by atoms with Crippen molar-refractivity contribution in [3.05, 3.63) is 0 Å². The third-order valence-corrected chi connectivity index (χ3v) is 2.43. The lowest BCUT2D eigenvalue weighted by Crippen LogP contribution is -2.39. The van der Waals surface area contributed by atoms with E-state index >= 15 is 0 Å². The molecule has 0 saturated heterocycles. The van der Waals surface area contributed by atoms with E-state index in [2.05, 4.69) is 10.6 Å². The highest BCUT2D eigenvalue weighted by Crippen LogP contribution is 1.95. The topological polar surface area (TPSA) is 67.4 Å². The molecule has 0 aliphatic carbocycles. The molecule has 0 saturated carbocycles. The second-order valence-electron chi connectivity index (χ2n) is 4.61. The zero-order valence-electron chi connectivity index (χ0n) is 11.9. The number of carbonyl (C=O) groups is 2. The molecule has 18 heavy (non-hydrogen) atoms. The molecule has 0 aliphatic heterocycles. The van der Waals surface area contributed by atoms with Gasteiger partial charge in [-0.3, -0.25) is 9.59 Å². The van der Waals surface area contributed by atoms with Crippen LogP contribution in [-0.2, 0) is 14.3 Å². The first-order valence-corrected chi connectivity index (χ1v) is 6.67. The molecule has 0 rings (SSSR count). The highest BCUT2D eigenvalue weighted by molar-refractivity contribution is 5.77. The van der Waals surface area contributed by atoms with E-state index in [4.69, 9.17) is 4.74 Å². The Labute approximate surface area is 110 Å². The predicted molar refractivity (Wildman–Crippen MR) is 71.2 cm³/mol. The lowest BCUT2D eigenvalue weighted by molar-refractivity contribution is -0.145. The summed E-state index contributed by atoms with van der Waals surface area (Å²) >= 11 is 0. The second-order valence-corrected chi connectivity index (χ2v) is 4.61. The van der Waals surface area contributed by atoms with Gasteiger partial charge in [0.05, 0.1) is 6.61 Å². The number of carbonyl (C=O) groups excluding carboxylic acids is 2. The zero-order valence-corrected chi connectivity index (χ0v) is 11.9. The van der Waals surface area contributed by atoms with Crippen LogP contribution in [0.2, 0.25) is 0 Å². The number of nitrogens with one attached hydrogen (secondary N) is 2. The van der Waals surface area contributed by atoms with Crippen molar-refractivity contribution in [1.29, 1.82) is 0 Å². The van der Waals surface area contributed by atoms with Crippen LogP contribution >= 0.6 is 0 Å². The minimum absolute atomic E-state index is 0.00918. The molecule has 0 radical (unpaired) electrons. The van der Waals surface area contributed by atoms with Gasteiger partial charge in [0.1, 0.15) is 6.04 Å². The summed E-state index contributed by atoms with van der Waals surface area (Å²) in [6, 6.07) is -0.317. The van der Waals surface area contributed by atoms with E-state index in [-0.39, 0.29) is 17.9 Å². The fourth-order valence-electron chi connectivity index (χ4n) is 1.40. The van der Waals surface area contributed by atoms with Gasteiger partial charge in [0.25, 0.3) is 0 Å². The van der Waals surface area contributed by atoms with E-state index in [1.165, 1.54) is 0 Å². The van der Waals surface area contributed by atoms with Crippen LogP contribution < -0.4 is 10.6 Å². The molecule has 0 heterocycles. The maximum absolute atomic E-state index is 11.5. The van der Waals surface area contributed by atoms with Crippen molar-refractivity contribution in [1.82, 2.24) is 10.6 Å². The number of esters is 1. The maximum Gasteiger partial charge on any atom is 0.323 e. The van der Waals surface area contributed by atoms with E-state index in [0.717, 1.165) is 0 Å². The van der Waals surface area contributed by atoms with Crippen LogP contribution in [0, 0.1) is 5.92 Å². The Morgan fingerprint density at radius 2 is 1.89 bits per heavy atom. The van der Waals surface area contributed by atoms with Gasteiger partial charge in [-0.25, -0.2) is 0 Å². The lowest BCUT2D eigenvalue weighted by Gasteiger charge is -2.15. The van der Waals surface area contributed by atoms with Gasteiger partial charge in [0.15, 0.2) is 0 Å². The Hall–Kier alpha value is -1.10. The Morgan fingerprint density at radius 3 is 2.39 bits per heavy atom. The summed E-state index contributed by atoms with van der Waals surface area (Å²) in [5.74, 6) is 0.210. The lowest BCUT2D eigenvalue weighted by atomic mass is 10.2. The van der Waals surface area contributed by atoms with Gasteiger partial charge in [0, 0.05) is 19.5 Å². The Bertz CT molecular complexity index is 255. The average molecular weight is 258 g/mol. The molecule has 0 spiro atoms. The molecule has 1 amide bonds.